The summed E-state index contributed by atoms with van der Waals surface area (Å²) >= 11 is 14.2. The number of hydrogen-bond donors (Lipinski definition) is 0. The zero-order chi connectivity index (χ0) is 24.6. The van der Waals surface area contributed by atoms with Crippen molar-refractivity contribution < 1.29 is 4.79 Å². The number of hydrogen-bond acceptors (Lipinski definition) is 1. The molecule has 9 rings (SSSR count). The lowest BCUT2D eigenvalue weighted by atomic mass is 9.77. The van der Waals surface area contributed by atoms with Gasteiger partial charge in [-0.2, -0.15) is 0 Å². The Labute approximate surface area is 222 Å². The Morgan fingerprint density at radius 2 is 0.919 bits per heavy atom. The highest BCUT2D eigenvalue weighted by Gasteiger charge is 2.38. The molecule has 0 unspecified atom stereocenters. The van der Waals surface area contributed by atoms with Gasteiger partial charge in [-0.15, -0.1) is 0 Å². The molecule has 1 nitrogen and oxygen atoms in total. The molecule has 0 amide bonds. The van der Waals surface area contributed by atoms with Gasteiger partial charge in [-0.25, -0.2) is 0 Å². The monoisotopic (exact) mass is 510 g/mol. The van der Waals surface area contributed by atoms with Gasteiger partial charge in [-0.05, 0) is 66.0 Å². The predicted molar refractivity (Wildman–Crippen MR) is 154 cm³/mol. The number of carbonyl (C=O) groups excluding carboxylic acids is 1. The third-order valence-electron chi connectivity index (χ3n) is 8.50. The summed E-state index contributed by atoms with van der Waals surface area (Å²) in [5.74, 6) is 0.0912. The normalized spacial score (nSPS) is 15.0. The van der Waals surface area contributed by atoms with Crippen molar-refractivity contribution in [3.05, 3.63) is 119 Å². The van der Waals surface area contributed by atoms with Gasteiger partial charge in [-0.3, -0.25) is 4.79 Å². The van der Waals surface area contributed by atoms with Crippen molar-refractivity contribution in [2.75, 3.05) is 0 Å². The molecule has 7 aromatic carbocycles. The van der Waals surface area contributed by atoms with Gasteiger partial charge in [-0.1, -0.05) is 114 Å². The lowest BCUT2D eigenvalue weighted by molar-refractivity contribution is 0.104. The van der Waals surface area contributed by atoms with Gasteiger partial charge in [0, 0.05) is 27.6 Å². The molecule has 7 aromatic rings. The first-order valence-electron chi connectivity index (χ1n) is 12.4. The fourth-order valence-electron chi connectivity index (χ4n) is 6.99. The Morgan fingerprint density at radius 1 is 0.405 bits per heavy atom. The second-order valence-corrected chi connectivity index (χ2v) is 11.5. The van der Waals surface area contributed by atoms with Crippen LogP contribution in [0.3, 0.4) is 0 Å². The largest absolute Gasteiger partial charge is 0.289 e. The molecule has 0 fully saturated rings. The van der Waals surface area contributed by atoms with Gasteiger partial charge in [0.15, 0.2) is 10.1 Å². The molecule has 0 N–H and O–H groups in total. The van der Waals surface area contributed by atoms with Crippen LogP contribution in [0.1, 0.15) is 27.0 Å². The van der Waals surface area contributed by atoms with E-state index in [4.69, 9.17) is 23.2 Å². The number of ketones is 1. The quantitative estimate of drug-likeness (QED) is 0.113. The molecule has 0 saturated carbocycles. The first kappa shape index (κ1) is 20.2. The van der Waals surface area contributed by atoms with Gasteiger partial charge >= 0.3 is 0 Å². The molecule has 172 valence electrons. The van der Waals surface area contributed by atoms with E-state index >= 15 is 0 Å². The van der Waals surface area contributed by atoms with Crippen LogP contribution in [-0.4, -0.2) is 5.78 Å². The number of carbonyl (C=O) groups is 1. The predicted octanol–water partition coefficient (Wildman–Crippen LogP) is 9.61. The summed E-state index contributed by atoms with van der Waals surface area (Å²) in [4.78, 5) is 13.6. The van der Waals surface area contributed by atoms with Crippen LogP contribution in [0, 0.1) is 0 Å². The fourth-order valence-corrected chi connectivity index (χ4v) is 7.63. The van der Waals surface area contributed by atoms with Crippen LogP contribution < -0.4 is 0 Å². The minimum atomic E-state index is -1.14. The summed E-state index contributed by atoms with van der Waals surface area (Å²) in [5, 5.41) is 9.08. The van der Waals surface area contributed by atoms with Crippen molar-refractivity contribution in [2.45, 2.75) is 4.33 Å². The van der Waals surface area contributed by atoms with Gasteiger partial charge in [0.2, 0.25) is 0 Å². The molecule has 0 spiro atoms. The van der Waals surface area contributed by atoms with E-state index in [-0.39, 0.29) is 5.78 Å². The third kappa shape index (κ3) is 2.23. The number of fused-ring (bicyclic) bond motifs is 6. The van der Waals surface area contributed by atoms with Crippen LogP contribution in [0.5, 0.6) is 0 Å². The molecular weight excluding hydrogens is 495 g/mol. The average Bonchev–Trinajstić information content (AvgIpc) is 2.94. The highest BCUT2D eigenvalue weighted by molar-refractivity contribution is 6.52. The molecular formula is C34H16Cl2O. The number of rotatable bonds is 0. The first-order valence-corrected chi connectivity index (χ1v) is 13.1. The van der Waals surface area contributed by atoms with E-state index in [0.717, 1.165) is 82.2 Å². The molecule has 0 aliphatic heterocycles. The Balaban J connectivity index is 1.53. The first-order chi connectivity index (χ1) is 18.1. The summed E-state index contributed by atoms with van der Waals surface area (Å²) in [6, 6.07) is 33.3. The van der Waals surface area contributed by atoms with Gasteiger partial charge in [0.05, 0.1) is 0 Å². The van der Waals surface area contributed by atoms with Crippen molar-refractivity contribution in [1.82, 2.24) is 0 Å². The molecule has 37 heavy (non-hydrogen) atoms. The minimum absolute atomic E-state index is 0.0912. The van der Waals surface area contributed by atoms with Gasteiger partial charge in [0.1, 0.15) is 0 Å². The van der Waals surface area contributed by atoms with E-state index in [0.29, 0.717) is 0 Å². The van der Waals surface area contributed by atoms with E-state index in [1.165, 1.54) is 5.39 Å². The fraction of sp³-hybridized carbons (Fsp3) is 0.0294. The van der Waals surface area contributed by atoms with Gasteiger partial charge in [0.25, 0.3) is 0 Å². The Morgan fingerprint density at radius 3 is 1.62 bits per heavy atom. The standard InChI is InChI=1S/C34H16Cl2O/c35-34(36)27-8-4-3-6-18(27)20-10-12-23-22-13-14-26-31-19(17-5-1-2-7-25(17)33(26)37)9-11-21(29(22)31)24-15-16-28(34)32(20)30(23)24/h1-16H. The van der Waals surface area contributed by atoms with Crippen LogP contribution in [0.15, 0.2) is 97.1 Å². The second-order valence-electron chi connectivity index (χ2n) is 10.1. The summed E-state index contributed by atoms with van der Waals surface area (Å²) < 4.78 is -1.14. The van der Waals surface area contributed by atoms with Crippen LogP contribution in [0.4, 0.5) is 0 Å². The Bertz CT molecular complexity index is 2170. The SMILES string of the molecule is O=C1c2ccccc2-c2ccc3c4ccc5c6c(ccc(c7ccc1c2c73)c64)-c1ccccc1C5(Cl)Cl. The number of benzene rings is 7. The summed E-state index contributed by atoms with van der Waals surface area (Å²) in [7, 11) is 0. The molecule has 0 atom stereocenters. The van der Waals surface area contributed by atoms with E-state index in [9.17, 15) is 4.79 Å². The lowest BCUT2D eigenvalue weighted by Gasteiger charge is -2.32. The average molecular weight is 511 g/mol. The molecule has 0 aromatic heterocycles. The molecule has 0 bridgehead atoms. The lowest BCUT2D eigenvalue weighted by Crippen LogP contribution is -2.18. The van der Waals surface area contributed by atoms with Crippen molar-refractivity contribution >= 4 is 72.1 Å². The zero-order valence-electron chi connectivity index (χ0n) is 19.4. The van der Waals surface area contributed by atoms with E-state index < -0.39 is 4.33 Å². The summed E-state index contributed by atoms with van der Waals surface area (Å²) in [6.07, 6.45) is 0. The van der Waals surface area contributed by atoms with Crippen molar-refractivity contribution in [1.29, 1.82) is 0 Å². The smallest absolute Gasteiger partial charge is 0.194 e. The highest BCUT2D eigenvalue weighted by atomic mass is 35.5. The van der Waals surface area contributed by atoms with Crippen LogP contribution in [0.25, 0.3) is 65.3 Å². The summed E-state index contributed by atoms with van der Waals surface area (Å²) in [5.41, 5.74) is 7.73. The van der Waals surface area contributed by atoms with Crippen LogP contribution >= 0.6 is 23.2 Å². The minimum Gasteiger partial charge on any atom is -0.289 e. The molecule has 2 aliphatic rings. The van der Waals surface area contributed by atoms with Crippen LogP contribution in [-0.2, 0) is 4.33 Å². The van der Waals surface area contributed by atoms with Crippen LogP contribution in [0.2, 0.25) is 0 Å². The number of halogens is 2. The van der Waals surface area contributed by atoms with Crippen molar-refractivity contribution in [2.24, 2.45) is 0 Å². The Hall–Kier alpha value is -3.91. The number of alkyl halides is 2. The molecule has 0 heterocycles. The third-order valence-corrected chi connectivity index (χ3v) is 9.32. The maximum Gasteiger partial charge on any atom is 0.194 e. The van der Waals surface area contributed by atoms with E-state index in [2.05, 4.69) is 54.6 Å². The second kappa shape index (κ2) is 6.50. The van der Waals surface area contributed by atoms with Crippen molar-refractivity contribution in [3.8, 4) is 22.3 Å². The van der Waals surface area contributed by atoms with Crippen molar-refractivity contribution in [3.63, 3.8) is 0 Å². The summed E-state index contributed by atoms with van der Waals surface area (Å²) in [6.45, 7) is 0. The molecule has 0 saturated heterocycles. The maximum absolute atomic E-state index is 13.6. The molecule has 0 radical (unpaired) electrons. The molecule has 2 aliphatic carbocycles. The topological polar surface area (TPSA) is 17.1 Å². The Kier molecular flexibility index (Phi) is 3.54. The highest BCUT2D eigenvalue weighted by Crippen LogP contribution is 2.56. The molecule has 3 heteroatoms. The van der Waals surface area contributed by atoms with Gasteiger partial charge < -0.3 is 0 Å². The zero-order valence-corrected chi connectivity index (χ0v) is 20.9. The van der Waals surface area contributed by atoms with E-state index in [1.807, 2.05) is 42.5 Å². The maximum atomic E-state index is 13.6. The van der Waals surface area contributed by atoms with E-state index in [1.54, 1.807) is 0 Å².